The van der Waals surface area contributed by atoms with Crippen LogP contribution in [0.5, 0.6) is 0 Å². The molecule has 0 radical (unpaired) electrons. The molecule has 0 fully saturated rings. The third kappa shape index (κ3) is 6.55. The lowest BCUT2D eigenvalue weighted by molar-refractivity contribution is 0.104. The minimum Gasteiger partial charge on any atom is -0.307 e. The first-order valence-corrected chi connectivity index (χ1v) is 16.7. The van der Waals surface area contributed by atoms with E-state index in [1.54, 1.807) is 24.3 Å². The van der Waals surface area contributed by atoms with Crippen molar-refractivity contribution in [1.82, 2.24) is 9.29 Å². The van der Waals surface area contributed by atoms with Crippen molar-refractivity contribution < 1.29 is 13.2 Å². The van der Waals surface area contributed by atoms with Gasteiger partial charge in [0.05, 0.1) is 16.2 Å². The first-order valence-electron chi connectivity index (χ1n) is 14.4. The molecule has 0 saturated carbocycles. The van der Waals surface area contributed by atoms with Gasteiger partial charge in [-0.1, -0.05) is 103 Å². The number of nitrogens with zero attached hydrogens (tertiary/aromatic N) is 1. The van der Waals surface area contributed by atoms with E-state index in [1.807, 2.05) is 53.1 Å². The standard InChI is InChI=1S/C33H35BrN2O4S/c34-24-18-20-25(21-19-24)41(39,40)35-22-12-6-4-2-1-3-5-7-13-23-36-31-27-15-9-10-16-28(27)32(37)30(31)26-14-8-11-17-29(26)33(36)38/h8-11,14-21,35H,1-7,12-13,22-23H2. The number of hydrogen-bond donors (Lipinski definition) is 1. The highest BCUT2D eigenvalue weighted by Crippen LogP contribution is 2.39. The van der Waals surface area contributed by atoms with Gasteiger partial charge in [-0.15, -0.1) is 0 Å². The van der Waals surface area contributed by atoms with Gasteiger partial charge in [0.2, 0.25) is 10.0 Å². The Bertz CT molecular complexity index is 1710. The molecule has 1 aliphatic carbocycles. The van der Waals surface area contributed by atoms with Gasteiger partial charge in [0.1, 0.15) is 0 Å². The lowest BCUT2D eigenvalue weighted by Gasteiger charge is -2.15. The molecule has 5 rings (SSSR count). The largest absolute Gasteiger partial charge is 0.307 e. The van der Waals surface area contributed by atoms with Crippen LogP contribution >= 0.6 is 15.9 Å². The van der Waals surface area contributed by atoms with Crippen molar-refractivity contribution in [2.75, 3.05) is 6.54 Å². The number of halogens is 1. The number of pyridine rings is 1. The van der Waals surface area contributed by atoms with Crippen LogP contribution in [0.15, 0.2) is 87.0 Å². The molecule has 1 heterocycles. The third-order valence-corrected chi connectivity index (χ3v) is 9.81. The maximum Gasteiger partial charge on any atom is 0.258 e. The van der Waals surface area contributed by atoms with Crippen LogP contribution in [0.25, 0.3) is 22.0 Å². The van der Waals surface area contributed by atoms with Crippen molar-refractivity contribution in [3.8, 4) is 11.3 Å². The van der Waals surface area contributed by atoms with E-state index in [4.69, 9.17) is 0 Å². The van der Waals surface area contributed by atoms with Crippen LogP contribution in [0.2, 0.25) is 0 Å². The van der Waals surface area contributed by atoms with Crippen molar-refractivity contribution in [2.24, 2.45) is 0 Å². The Morgan fingerprint density at radius 3 is 1.90 bits per heavy atom. The molecule has 0 unspecified atom stereocenters. The lowest BCUT2D eigenvalue weighted by Crippen LogP contribution is -2.24. The van der Waals surface area contributed by atoms with Crippen LogP contribution in [0.3, 0.4) is 0 Å². The van der Waals surface area contributed by atoms with Crippen molar-refractivity contribution in [1.29, 1.82) is 0 Å². The van der Waals surface area contributed by atoms with Crippen molar-refractivity contribution in [2.45, 2.75) is 69.2 Å². The predicted octanol–water partition coefficient (Wildman–Crippen LogP) is 7.46. The monoisotopic (exact) mass is 634 g/mol. The minimum atomic E-state index is -3.45. The molecule has 0 aliphatic heterocycles. The fraction of sp³-hybridized carbons (Fsp3) is 0.333. The van der Waals surface area contributed by atoms with E-state index >= 15 is 0 Å². The van der Waals surface area contributed by atoms with Crippen LogP contribution in [0.1, 0.15) is 73.7 Å². The predicted molar refractivity (Wildman–Crippen MR) is 168 cm³/mol. The summed E-state index contributed by atoms with van der Waals surface area (Å²) in [5.41, 5.74) is 2.93. The second kappa shape index (κ2) is 13.3. The summed E-state index contributed by atoms with van der Waals surface area (Å²) < 4.78 is 30.0. The van der Waals surface area contributed by atoms with Gasteiger partial charge in [0.25, 0.3) is 5.56 Å². The van der Waals surface area contributed by atoms with E-state index in [2.05, 4.69) is 20.7 Å². The zero-order valence-electron chi connectivity index (χ0n) is 23.1. The first-order chi connectivity index (χ1) is 19.9. The average Bonchev–Trinajstić information content (AvgIpc) is 3.27. The summed E-state index contributed by atoms with van der Waals surface area (Å²) in [4.78, 5) is 27.0. The van der Waals surface area contributed by atoms with Gasteiger partial charge in [-0.25, -0.2) is 13.1 Å². The maximum atomic E-state index is 13.5. The highest BCUT2D eigenvalue weighted by atomic mass is 79.9. The summed E-state index contributed by atoms with van der Waals surface area (Å²) in [5.74, 6) is 0.00236. The topological polar surface area (TPSA) is 85.2 Å². The van der Waals surface area contributed by atoms with Crippen LogP contribution in [-0.4, -0.2) is 25.3 Å². The SMILES string of the molecule is O=C1c2ccccc2-c2c1c1ccccc1c(=O)n2CCCCCCCCCCCNS(=O)(=O)c1ccc(Br)cc1. The maximum absolute atomic E-state index is 13.5. The van der Waals surface area contributed by atoms with Gasteiger partial charge < -0.3 is 4.57 Å². The molecule has 4 aromatic rings. The molecule has 0 spiro atoms. The van der Waals surface area contributed by atoms with E-state index in [0.717, 1.165) is 78.9 Å². The molecule has 6 nitrogen and oxygen atoms in total. The number of sulfonamides is 1. The number of unbranched alkanes of at least 4 members (excludes halogenated alkanes) is 8. The molecule has 1 aliphatic rings. The van der Waals surface area contributed by atoms with Gasteiger partial charge in [-0.2, -0.15) is 0 Å². The molecular formula is C33H35BrN2O4S. The Labute approximate surface area is 250 Å². The highest BCUT2D eigenvalue weighted by molar-refractivity contribution is 9.10. The molecule has 0 bridgehead atoms. The molecule has 1 N–H and O–H groups in total. The number of hydrogen-bond acceptors (Lipinski definition) is 4. The normalized spacial score (nSPS) is 12.6. The second-order valence-electron chi connectivity index (χ2n) is 10.6. The summed E-state index contributed by atoms with van der Waals surface area (Å²) in [7, 11) is -3.45. The summed E-state index contributed by atoms with van der Waals surface area (Å²) in [6.07, 6.45) is 9.36. The van der Waals surface area contributed by atoms with Gasteiger partial charge in [-0.3, -0.25) is 9.59 Å². The molecule has 3 aromatic carbocycles. The third-order valence-electron chi connectivity index (χ3n) is 7.81. The summed E-state index contributed by atoms with van der Waals surface area (Å²) in [6, 6.07) is 21.7. The van der Waals surface area contributed by atoms with Gasteiger partial charge in [0.15, 0.2) is 5.78 Å². The number of nitrogens with one attached hydrogen (secondary N) is 1. The molecule has 0 amide bonds. The van der Waals surface area contributed by atoms with E-state index in [1.165, 1.54) is 0 Å². The Morgan fingerprint density at radius 2 is 1.22 bits per heavy atom. The van der Waals surface area contributed by atoms with E-state index < -0.39 is 10.0 Å². The van der Waals surface area contributed by atoms with Crippen molar-refractivity contribution in [3.63, 3.8) is 0 Å². The Kier molecular flexibility index (Phi) is 9.53. The number of rotatable bonds is 14. The van der Waals surface area contributed by atoms with Crippen molar-refractivity contribution in [3.05, 3.63) is 98.7 Å². The van der Waals surface area contributed by atoms with Crippen LogP contribution in [0.4, 0.5) is 0 Å². The number of carbonyl (C=O) groups excluding carboxylic acids is 1. The summed E-state index contributed by atoms with van der Waals surface area (Å²) in [6.45, 7) is 1.05. The van der Waals surface area contributed by atoms with E-state index in [-0.39, 0.29) is 16.2 Å². The number of aromatic nitrogens is 1. The fourth-order valence-electron chi connectivity index (χ4n) is 5.68. The molecule has 0 saturated heterocycles. The number of fused-ring (bicyclic) bond motifs is 5. The van der Waals surface area contributed by atoms with E-state index in [0.29, 0.717) is 29.6 Å². The molecule has 1 aromatic heterocycles. The minimum absolute atomic E-state index is 0.00236. The van der Waals surface area contributed by atoms with Gasteiger partial charge >= 0.3 is 0 Å². The van der Waals surface area contributed by atoms with Gasteiger partial charge in [-0.05, 0) is 43.2 Å². The van der Waals surface area contributed by atoms with E-state index in [9.17, 15) is 18.0 Å². The molecule has 214 valence electrons. The number of carbonyl (C=O) groups is 1. The average molecular weight is 636 g/mol. The Balaban J connectivity index is 1.04. The van der Waals surface area contributed by atoms with Crippen LogP contribution in [0, 0.1) is 0 Å². The smallest absolute Gasteiger partial charge is 0.258 e. The zero-order chi connectivity index (χ0) is 28.8. The second-order valence-corrected chi connectivity index (χ2v) is 13.3. The number of ketones is 1. The summed E-state index contributed by atoms with van der Waals surface area (Å²) >= 11 is 3.32. The Morgan fingerprint density at radius 1 is 0.659 bits per heavy atom. The lowest BCUT2D eigenvalue weighted by atomic mass is 10.0. The van der Waals surface area contributed by atoms with Crippen LogP contribution < -0.4 is 10.3 Å². The zero-order valence-corrected chi connectivity index (χ0v) is 25.5. The Hall–Kier alpha value is -3.07. The first kappa shape index (κ1) is 29.4. The highest BCUT2D eigenvalue weighted by Gasteiger charge is 2.32. The number of benzene rings is 3. The van der Waals surface area contributed by atoms with Crippen LogP contribution in [-0.2, 0) is 16.6 Å². The van der Waals surface area contributed by atoms with Crippen molar-refractivity contribution >= 4 is 42.5 Å². The molecule has 0 atom stereocenters. The summed E-state index contributed by atoms with van der Waals surface area (Å²) in [5, 5.41) is 1.35. The quantitative estimate of drug-likeness (QED) is 0.128. The van der Waals surface area contributed by atoms with Gasteiger partial charge in [0, 0.05) is 39.5 Å². The molecular weight excluding hydrogens is 600 g/mol. The molecule has 8 heteroatoms. The molecule has 41 heavy (non-hydrogen) atoms. The fourth-order valence-corrected chi connectivity index (χ4v) is 7.02.